The van der Waals surface area contributed by atoms with E-state index in [4.69, 9.17) is 5.73 Å². The second kappa shape index (κ2) is 3.55. The zero-order chi connectivity index (χ0) is 9.97. The molecular weight excluding hydrogens is 178 g/mol. The van der Waals surface area contributed by atoms with Gasteiger partial charge in [-0.25, -0.2) is 15.0 Å². The molecule has 0 bridgehead atoms. The van der Waals surface area contributed by atoms with Crippen LogP contribution in [0.5, 0.6) is 0 Å². The van der Waals surface area contributed by atoms with Crippen LogP contribution in [0.2, 0.25) is 0 Å². The van der Waals surface area contributed by atoms with Crippen molar-refractivity contribution in [2.45, 2.75) is 13.5 Å². The summed E-state index contributed by atoms with van der Waals surface area (Å²) in [5.41, 5.74) is 6.55. The summed E-state index contributed by atoms with van der Waals surface area (Å²) in [5.74, 6) is 1.36. The van der Waals surface area contributed by atoms with Gasteiger partial charge in [-0.15, -0.1) is 0 Å². The van der Waals surface area contributed by atoms with Crippen LogP contribution in [0.15, 0.2) is 24.8 Å². The molecule has 2 N–H and O–H groups in total. The summed E-state index contributed by atoms with van der Waals surface area (Å²) in [6.45, 7) is 2.33. The molecule has 2 heterocycles. The van der Waals surface area contributed by atoms with E-state index in [2.05, 4.69) is 15.0 Å². The van der Waals surface area contributed by atoms with E-state index in [1.165, 1.54) is 0 Å². The summed E-state index contributed by atoms with van der Waals surface area (Å²) in [6.07, 6.45) is 7.02. The molecule has 0 saturated carbocycles. The Kier molecular flexibility index (Phi) is 2.24. The SMILES string of the molecule is Cc1cnc(-n2ccnc2CN)nc1. The molecule has 0 saturated heterocycles. The Bertz CT molecular complexity index is 417. The maximum Gasteiger partial charge on any atom is 0.235 e. The van der Waals surface area contributed by atoms with Crippen LogP contribution >= 0.6 is 0 Å². The summed E-state index contributed by atoms with van der Waals surface area (Å²) >= 11 is 0. The van der Waals surface area contributed by atoms with E-state index in [-0.39, 0.29) is 0 Å². The number of hydrogen-bond donors (Lipinski definition) is 1. The molecule has 5 nitrogen and oxygen atoms in total. The van der Waals surface area contributed by atoms with E-state index in [0.29, 0.717) is 12.5 Å². The fourth-order valence-corrected chi connectivity index (χ4v) is 1.18. The van der Waals surface area contributed by atoms with Crippen LogP contribution < -0.4 is 5.73 Å². The molecule has 0 aliphatic rings. The highest BCUT2D eigenvalue weighted by molar-refractivity contribution is 5.16. The lowest BCUT2D eigenvalue weighted by Gasteiger charge is -2.03. The highest BCUT2D eigenvalue weighted by Gasteiger charge is 2.04. The smallest absolute Gasteiger partial charge is 0.235 e. The van der Waals surface area contributed by atoms with Crippen LogP contribution in [0, 0.1) is 6.92 Å². The number of rotatable bonds is 2. The molecule has 0 aliphatic carbocycles. The van der Waals surface area contributed by atoms with Gasteiger partial charge in [0.05, 0.1) is 6.54 Å². The van der Waals surface area contributed by atoms with Crippen LogP contribution in [0.25, 0.3) is 5.95 Å². The molecule has 5 heteroatoms. The number of nitrogens with zero attached hydrogens (tertiary/aromatic N) is 4. The van der Waals surface area contributed by atoms with Crippen molar-refractivity contribution in [3.63, 3.8) is 0 Å². The van der Waals surface area contributed by atoms with Crippen LogP contribution in [0.1, 0.15) is 11.4 Å². The summed E-state index contributed by atoms with van der Waals surface area (Å²) in [7, 11) is 0. The number of nitrogens with two attached hydrogens (primary N) is 1. The standard InChI is InChI=1S/C9H11N5/c1-7-5-12-9(13-6-7)14-3-2-11-8(14)4-10/h2-3,5-6H,4,10H2,1H3. The van der Waals surface area contributed by atoms with E-state index in [9.17, 15) is 0 Å². The number of aromatic nitrogens is 4. The van der Waals surface area contributed by atoms with E-state index >= 15 is 0 Å². The molecule has 0 unspecified atom stereocenters. The molecule has 0 amide bonds. The van der Waals surface area contributed by atoms with E-state index < -0.39 is 0 Å². The van der Waals surface area contributed by atoms with Gasteiger partial charge in [-0.1, -0.05) is 0 Å². The van der Waals surface area contributed by atoms with Gasteiger partial charge in [-0.3, -0.25) is 4.57 Å². The molecule has 0 aromatic carbocycles. The number of aryl methyl sites for hydroxylation is 1. The Labute approximate surface area is 81.6 Å². The Hall–Kier alpha value is -1.75. The Morgan fingerprint density at radius 2 is 2.00 bits per heavy atom. The average molecular weight is 189 g/mol. The van der Waals surface area contributed by atoms with Crippen molar-refractivity contribution in [1.29, 1.82) is 0 Å². The van der Waals surface area contributed by atoms with Crippen molar-refractivity contribution >= 4 is 0 Å². The predicted octanol–water partition coefficient (Wildman–Crippen LogP) is 0.429. The molecule has 0 atom stereocenters. The summed E-state index contributed by atoms with van der Waals surface area (Å²) < 4.78 is 1.78. The van der Waals surface area contributed by atoms with Gasteiger partial charge in [0, 0.05) is 24.8 Å². The topological polar surface area (TPSA) is 69.6 Å². The highest BCUT2D eigenvalue weighted by atomic mass is 15.2. The van der Waals surface area contributed by atoms with Crippen LogP contribution in [-0.4, -0.2) is 19.5 Å². The van der Waals surface area contributed by atoms with Gasteiger partial charge < -0.3 is 5.73 Å². The average Bonchev–Trinajstić information content (AvgIpc) is 2.67. The normalized spacial score (nSPS) is 10.4. The highest BCUT2D eigenvalue weighted by Crippen LogP contribution is 2.04. The summed E-state index contributed by atoms with van der Waals surface area (Å²) in [4.78, 5) is 12.5. The summed E-state index contributed by atoms with van der Waals surface area (Å²) in [5, 5.41) is 0. The first kappa shape index (κ1) is 8.83. The third-order valence-electron chi connectivity index (χ3n) is 1.88. The number of imidazole rings is 1. The van der Waals surface area contributed by atoms with Crippen molar-refractivity contribution in [3.8, 4) is 5.95 Å². The molecule has 0 radical (unpaired) electrons. The zero-order valence-corrected chi connectivity index (χ0v) is 7.88. The quantitative estimate of drug-likeness (QED) is 0.743. The minimum Gasteiger partial charge on any atom is -0.324 e. The third-order valence-corrected chi connectivity index (χ3v) is 1.88. The lowest BCUT2D eigenvalue weighted by Crippen LogP contribution is -2.08. The van der Waals surface area contributed by atoms with Crippen molar-refractivity contribution in [1.82, 2.24) is 19.5 Å². The Morgan fingerprint density at radius 1 is 1.29 bits per heavy atom. The lowest BCUT2D eigenvalue weighted by atomic mass is 10.4. The fourth-order valence-electron chi connectivity index (χ4n) is 1.18. The molecule has 0 aliphatic heterocycles. The lowest BCUT2D eigenvalue weighted by molar-refractivity contribution is 0.819. The summed E-state index contributed by atoms with van der Waals surface area (Å²) in [6, 6.07) is 0. The molecule has 72 valence electrons. The van der Waals surface area contributed by atoms with Gasteiger partial charge in [0.15, 0.2) is 0 Å². The van der Waals surface area contributed by atoms with Crippen molar-refractivity contribution < 1.29 is 0 Å². The van der Waals surface area contributed by atoms with Gasteiger partial charge in [-0.2, -0.15) is 0 Å². The van der Waals surface area contributed by atoms with Gasteiger partial charge in [0.2, 0.25) is 5.95 Å². The maximum atomic E-state index is 5.52. The van der Waals surface area contributed by atoms with Gasteiger partial charge in [-0.05, 0) is 12.5 Å². The van der Waals surface area contributed by atoms with Gasteiger partial charge >= 0.3 is 0 Å². The maximum absolute atomic E-state index is 5.52. The zero-order valence-electron chi connectivity index (χ0n) is 7.88. The second-order valence-corrected chi connectivity index (χ2v) is 2.98. The first-order chi connectivity index (χ1) is 6.81. The molecule has 2 rings (SSSR count). The van der Waals surface area contributed by atoms with Crippen LogP contribution in [-0.2, 0) is 6.54 Å². The first-order valence-electron chi connectivity index (χ1n) is 4.32. The van der Waals surface area contributed by atoms with Crippen molar-refractivity contribution in [3.05, 3.63) is 36.2 Å². The van der Waals surface area contributed by atoms with Crippen LogP contribution in [0.4, 0.5) is 0 Å². The molecule has 2 aromatic rings. The van der Waals surface area contributed by atoms with E-state index in [0.717, 1.165) is 11.4 Å². The molecule has 0 fully saturated rings. The van der Waals surface area contributed by atoms with Crippen molar-refractivity contribution in [2.75, 3.05) is 0 Å². The Balaban J connectivity index is 2.44. The largest absolute Gasteiger partial charge is 0.324 e. The second-order valence-electron chi connectivity index (χ2n) is 2.98. The van der Waals surface area contributed by atoms with Gasteiger partial charge in [0.25, 0.3) is 0 Å². The molecular formula is C9H11N5. The molecule has 2 aromatic heterocycles. The fraction of sp³-hybridized carbons (Fsp3) is 0.222. The Morgan fingerprint density at radius 3 is 2.64 bits per heavy atom. The van der Waals surface area contributed by atoms with Crippen molar-refractivity contribution in [2.24, 2.45) is 5.73 Å². The van der Waals surface area contributed by atoms with E-state index in [1.807, 2.05) is 6.92 Å². The minimum absolute atomic E-state index is 0.379. The van der Waals surface area contributed by atoms with E-state index in [1.54, 1.807) is 29.4 Å². The number of hydrogen-bond acceptors (Lipinski definition) is 4. The van der Waals surface area contributed by atoms with Crippen LogP contribution in [0.3, 0.4) is 0 Å². The monoisotopic (exact) mass is 189 g/mol. The minimum atomic E-state index is 0.379. The third kappa shape index (κ3) is 1.49. The molecule has 14 heavy (non-hydrogen) atoms. The first-order valence-corrected chi connectivity index (χ1v) is 4.32. The molecule has 0 spiro atoms. The predicted molar refractivity (Wildman–Crippen MR) is 51.8 cm³/mol. The van der Waals surface area contributed by atoms with Gasteiger partial charge in [0.1, 0.15) is 5.82 Å².